The maximum absolute atomic E-state index is 10.7. The summed E-state index contributed by atoms with van der Waals surface area (Å²) in [6.45, 7) is 0. The number of thioether (sulfide) groups is 1. The van der Waals surface area contributed by atoms with Gasteiger partial charge in [-0.05, 0) is 67.8 Å². The summed E-state index contributed by atoms with van der Waals surface area (Å²) < 4.78 is 58.9. The minimum Gasteiger partial charge on any atom is -0.741 e. The van der Waals surface area contributed by atoms with Gasteiger partial charge in [-0.2, -0.15) is 13.2 Å². The lowest BCUT2D eigenvalue weighted by molar-refractivity contribution is -0.0517. The van der Waals surface area contributed by atoms with Gasteiger partial charge in [0.2, 0.25) is 0 Å². The Morgan fingerprint density at radius 1 is 0.650 bits per heavy atom. The minimum absolute atomic E-state index is 0.611. The Hall–Kier alpha value is -2.64. The quantitative estimate of drug-likeness (QED) is 0.134. The van der Waals surface area contributed by atoms with Gasteiger partial charge in [-0.15, -0.1) is 11.8 Å². The SMILES string of the molecule is O=S(=O)([O-])C(F)(F)F.c1ccc(S[C@H]2CCCC[C@@H]2[P+](c2ccccc2)(c2ccccc2)c2ccccc2)cc1. The summed E-state index contributed by atoms with van der Waals surface area (Å²) in [6, 6.07) is 45.3. The van der Waals surface area contributed by atoms with Crippen molar-refractivity contribution in [2.24, 2.45) is 0 Å². The molecule has 0 radical (unpaired) electrons. The molecular formula is C31H30F3O3PS2. The van der Waals surface area contributed by atoms with Crippen molar-refractivity contribution >= 4 is 45.1 Å². The number of rotatable bonds is 6. The molecule has 1 aliphatic carbocycles. The van der Waals surface area contributed by atoms with Crippen molar-refractivity contribution in [2.45, 2.75) is 47.0 Å². The molecule has 1 saturated carbocycles. The summed E-state index contributed by atoms with van der Waals surface area (Å²) in [7, 11) is -7.93. The van der Waals surface area contributed by atoms with E-state index in [1.807, 2.05) is 0 Å². The van der Waals surface area contributed by atoms with E-state index in [9.17, 15) is 13.2 Å². The highest BCUT2D eigenvalue weighted by Gasteiger charge is 2.55. The average Bonchev–Trinajstić information content (AvgIpc) is 2.96. The van der Waals surface area contributed by atoms with Crippen LogP contribution >= 0.6 is 19.0 Å². The van der Waals surface area contributed by atoms with Gasteiger partial charge >= 0.3 is 5.51 Å². The number of benzene rings is 4. The molecule has 5 rings (SSSR count). The van der Waals surface area contributed by atoms with Crippen LogP contribution in [0.4, 0.5) is 13.2 Å². The van der Waals surface area contributed by atoms with E-state index in [0.29, 0.717) is 10.9 Å². The summed E-state index contributed by atoms with van der Waals surface area (Å²) >= 11 is 2.11. The van der Waals surface area contributed by atoms with E-state index in [1.54, 1.807) is 0 Å². The van der Waals surface area contributed by atoms with Crippen LogP contribution in [0.2, 0.25) is 0 Å². The molecule has 0 spiro atoms. The molecule has 1 fully saturated rings. The van der Waals surface area contributed by atoms with Crippen molar-refractivity contribution in [3.8, 4) is 0 Å². The highest BCUT2D eigenvalue weighted by Crippen LogP contribution is 2.65. The minimum atomic E-state index is -6.09. The first kappa shape index (κ1) is 30.3. The molecule has 0 amide bonds. The van der Waals surface area contributed by atoms with E-state index in [2.05, 4.69) is 133 Å². The zero-order valence-electron chi connectivity index (χ0n) is 21.7. The predicted molar refractivity (Wildman–Crippen MR) is 159 cm³/mol. The lowest BCUT2D eigenvalue weighted by Gasteiger charge is -2.41. The Labute approximate surface area is 238 Å². The molecule has 0 saturated heterocycles. The third kappa shape index (κ3) is 6.98. The lowest BCUT2D eigenvalue weighted by atomic mass is 9.99. The molecular weight excluding hydrogens is 572 g/mol. The normalized spacial score (nSPS) is 17.9. The Balaban J connectivity index is 0.000000406. The first-order chi connectivity index (χ1) is 19.1. The van der Waals surface area contributed by atoms with E-state index in [1.165, 1.54) is 46.5 Å². The molecule has 0 aromatic heterocycles. The van der Waals surface area contributed by atoms with Crippen LogP contribution in [0.25, 0.3) is 0 Å². The van der Waals surface area contributed by atoms with Crippen molar-refractivity contribution in [1.82, 2.24) is 0 Å². The summed E-state index contributed by atoms with van der Waals surface area (Å²) in [6.07, 6.45) is 5.24. The summed E-state index contributed by atoms with van der Waals surface area (Å²) in [4.78, 5) is 1.40. The van der Waals surface area contributed by atoms with Gasteiger partial charge in [0, 0.05) is 10.1 Å². The van der Waals surface area contributed by atoms with Crippen molar-refractivity contribution in [2.75, 3.05) is 0 Å². The summed E-state index contributed by atoms with van der Waals surface area (Å²) in [5.74, 6) is 0. The first-order valence-corrected chi connectivity index (χ1v) is 17.1. The first-order valence-electron chi connectivity index (χ1n) is 12.9. The van der Waals surface area contributed by atoms with E-state index in [0.717, 1.165) is 0 Å². The van der Waals surface area contributed by atoms with Crippen molar-refractivity contribution in [1.29, 1.82) is 0 Å². The number of halogens is 3. The van der Waals surface area contributed by atoms with Gasteiger partial charge in [0.25, 0.3) is 0 Å². The number of hydrogen-bond donors (Lipinski definition) is 0. The molecule has 0 aliphatic heterocycles. The van der Waals surface area contributed by atoms with E-state index < -0.39 is 22.9 Å². The molecule has 4 aromatic carbocycles. The van der Waals surface area contributed by atoms with E-state index >= 15 is 0 Å². The molecule has 4 aromatic rings. The molecule has 3 nitrogen and oxygen atoms in total. The van der Waals surface area contributed by atoms with Crippen LogP contribution in [0.15, 0.2) is 126 Å². The molecule has 0 bridgehead atoms. The highest BCUT2D eigenvalue weighted by atomic mass is 32.2. The summed E-state index contributed by atoms with van der Waals surface area (Å²) in [5, 5.41) is 5.16. The highest BCUT2D eigenvalue weighted by molar-refractivity contribution is 8.02. The van der Waals surface area contributed by atoms with Crippen LogP contribution in [0, 0.1) is 0 Å². The third-order valence-electron chi connectivity index (χ3n) is 6.97. The third-order valence-corrected chi connectivity index (χ3v) is 14.1. The van der Waals surface area contributed by atoms with Crippen molar-refractivity contribution in [3.63, 3.8) is 0 Å². The van der Waals surface area contributed by atoms with Crippen LogP contribution < -0.4 is 15.9 Å². The summed E-state index contributed by atoms with van der Waals surface area (Å²) in [5.41, 5.74) is -5.03. The van der Waals surface area contributed by atoms with Gasteiger partial charge in [-0.3, -0.25) is 0 Å². The van der Waals surface area contributed by atoms with Crippen molar-refractivity contribution in [3.05, 3.63) is 121 Å². The number of alkyl halides is 3. The van der Waals surface area contributed by atoms with Crippen LogP contribution in [-0.2, 0) is 10.1 Å². The fraction of sp³-hybridized carbons (Fsp3) is 0.226. The van der Waals surface area contributed by atoms with Crippen LogP contribution in [-0.4, -0.2) is 29.4 Å². The number of hydrogen-bond acceptors (Lipinski definition) is 4. The second-order valence-corrected chi connectivity index (χ2v) is 15.8. The average molecular weight is 603 g/mol. The molecule has 0 N–H and O–H groups in total. The maximum atomic E-state index is 10.7. The maximum Gasteiger partial charge on any atom is 0.485 e. The van der Waals surface area contributed by atoms with Gasteiger partial charge in [0.1, 0.15) is 23.2 Å². The van der Waals surface area contributed by atoms with Crippen molar-refractivity contribution < 1.29 is 26.1 Å². The second kappa shape index (κ2) is 13.3. The van der Waals surface area contributed by atoms with E-state index in [-0.39, 0.29) is 0 Å². The Bertz CT molecular complexity index is 1340. The Morgan fingerprint density at radius 3 is 1.38 bits per heavy atom. The molecule has 1 aliphatic rings. The Morgan fingerprint density at radius 2 is 1.00 bits per heavy atom. The van der Waals surface area contributed by atoms with Crippen LogP contribution in [0.3, 0.4) is 0 Å². The van der Waals surface area contributed by atoms with Crippen LogP contribution in [0.5, 0.6) is 0 Å². The second-order valence-electron chi connectivity index (χ2n) is 9.45. The monoisotopic (exact) mass is 602 g/mol. The fourth-order valence-electron chi connectivity index (χ4n) is 5.34. The van der Waals surface area contributed by atoms with Gasteiger partial charge < -0.3 is 4.55 Å². The molecule has 0 heterocycles. The standard InChI is InChI=1S/C30H30PS.CHF3O3S/c1-5-15-25(16-6-1)31(26-17-7-2-8-18-26,27-19-9-3-10-20-27)29-23-13-14-24-30(29)32-28-21-11-4-12-22-28;2-1(3,4)8(5,6)7/h1-12,15-22,29-30H,13-14,23-24H2;(H,5,6,7)/q+1;/p-1/t29-,30-;/m0./s1. The molecule has 9 heteroatoms. The largest absolute Gasteiger partial charge is 0.741 e. The predicted octanol–water partition coefficient (Wildman–Crippen LogP) is 7.14. The molecule has 0 unspecified atom stereocenters. The smallest absolute Gasteiger partial charge is 0.485 e. The lowest BCUT2D eigenvalue weighted by Crippen LogP contribution is -2.44. The van der Waals surface area contributed by atoms with Gasteiger partial charge in [0.05, 0.1) is 5.66 Å². The fourth-order valence-corrected chi connectivity index (χ4v) is 12.5. The van der Waals surface area contributed by atoms with Gasteiger partial charge in [-0.1, -0.05) is 79.2 Å². The molecule has 2 atom stereocenters. The van der Waals surface area contributed by atoms with E-state index in [4.69, 9.17) is 13.0 Å². The van der Waals surface area contributed by atoms with Gasteiger partial charge in [0.15, 0.2) is 10.1 Å². The zero-order valence-corrected chi connectivity index (χ0v) is 24.2. The molecule has 40 heavy (non-hydrogen) atoms. The van der Waals surface area contributed by atoms with Gasteiger partial charge in [-0.25, -0.2) is 8.42 Å². The zero-order chi connectivity index (χ0) is 28.6. The van der Waals surface area contributed by atoms with Crippen LogP contribution in [0.1, 0.15) is 25.7 Å². The molecule has 210 valence electrons. The topological polar surface area (TPSA) is 57.2 Å². The Kier molecular flexibility index (Phi) is 10.1.